The van der Waals surface area contributed by atoms with Gasteiger partial charge in [-0.05, 0) is 38.1 Å². The molecule has 0 aliphatic rings. The SMILES string of the molecule is C=C(C)n1c(=O)[nH]c2cccnc21.C=C(C)n1c(=O)[nH]c2ncccc21. The van der Waals surface area contributed by atoms with Crippen LogP contribution < -0.4 is 11.4 Å². The van der Waals surface area contributed by atoms with E-state index in [-0.39, 0.29) is 11.4 Å². The van der Waals surface area contributed by atoms with Gasteiger partial charge in [0.2, 0.25) is 0 Å². The Balaban J connectivity index is 0.000000151. The van der Waals surface area contributed by atoms with Crippen LogP contribution in [-0.4, -0.2) is 29.1 Å². The summed E-state index contributed by atoms with van der Waals surface area (Å²) in [6, 6.07) is 7.20. The Morgan fingerprint density at radius 2 is 1.54 bits per heavy atom. The second kappa shape index (κ2) is 6.67. The Morgan fingerprint density at radius 1 is 0.923 bits per heavy atom. The van der Waals surface area contributed by atoms with Gasteiger partial charge in [-0.15, -0.1) is 0 Å². The van der Waals surface area contributed by atoms with Gasteiger partial charge in [0.05, 0.1) is 11.0 Å². The van der Waals surface area contributed by atoms with E-state index in [0.29, 0.717) is 22.7 Å². The number of imidazole rings is 2. The molecule has 2 N–H and O–H groups in total. The van der Waals surface area contributed by atoms with E-state index in [1.165, 1.54) is 9.13 Å². The van der Waals surface area contributed by atoms with Crippen LogP contribution in [0.4, 0.5) is 0 Å². The lowest BCUT2D eigenvalue weighted by molar-refractivity contribution is 1.02. The summed E-state index contributed by atoms with van der Waals surface area (Å²) in [5, 5.41) is 0. The number of nitrogens with zero attached hydrogens (tertiary/aromatic N) is 4. The highest BCUT2D eigenvalue weighted by atomic mass is 16.1. The van der Waals surface area contributed by atoms with Crippen LogP contribution in [0.5, 0.6) is 0 Å². The van der Waals surface area contributed by atoms with Crippen molar-refractivity contribution >= 4 is 33.7 Å². The van der Waals surface area contributed by atoms with Crippen LogP contribution in [0.3, 0.4) is 0 Å². The molecule has 0 saturated carbocycles. The minimum atomic E-state index is -0.193. The topological polar surface area (TPSA) is 101 Å². The molecule has 4 rings (SSSR count). The van der Waals surface area contributed by atoms with E-state index in [9.17, 15) is 9.59 Å². The summed E-state index contributed by atoms with van der Waals surface area (Å²) in [6.45, 7) is 11.0. The van der Waals surface area contributed by atoms with Gasteiger partial charge in [0.1, 0.15) is 0 Å². The lowest BCUT2D eigenvalue weighted by atomic mass is 10.4. The van der Waals surface area contributed by atoms with Crippen LogP contribution >= 0.6 is 0 Å². The van der Waals surface area contributed by atoms with E-state index in [2.05, 4.69) is 33.1 Å². The van der Waals surface area contributed by atoms with Gasteiger partial charge in [0.25, 0.3) is 0 Å². The summed E-state index contributed by atoms with van der Waals surface area (Å²) in [7, 11) is 0. The number of allylic oxidation sites excluding steroid dienone is 2. The Bertz CT molecular complexity index is 1140. The van der Waals surface area contributed by atoms with Crippen molar-refractivity contribution in [2.75, 3.05) is 0 Å². The summed E-state index contributed by atoms with van der Waals surface area (Å²) >= 11 is 0. The molecule has 8 heteroatoms. The predicted octanol–water partition coefficient (Wildman–Crippen LogP) is 2.43. The lowest BCUT2D eigenvalue weighted by Crippen LogP contribution is -2.14. The fourth-order valence-corrected chi connectivity index (χ4v) is 2.61. The van der Waals surface area contributed by atoms with Crippen molar-refractivity contribution in [1.82, 2.24) is 29.1 Å². The monoisotopic (exact) mass is 350 g/mol. The van der Waals surface area contributed by atoms with Crippen molar-refractivity contribution in [3.05, 3.63) is 70.8 Å². The summed E-state index contributed by atoms with van der Waals surface area (Å²) in [5.74, 6) is 0. The summed E-state index contributed by atoms with van der Waals surface area (Å²) in [5.41, 5.74) is 3.67. The smallest absolute Gasteiger partial charge is 0.304 e. The maximum Gasteiger partial charge on any atom is 0.332 e. The Morgan fingerprint density at radius 3 is 2.23 bits per heavy atom. The van der Waals surface area contributed by atoms with E-state index in [1.807, 2.05) is 12.1 Å². The first-order valence-corrected chi connectivity index (χ1v) is 7.83. The zero-order valence-electron chi connectivity index (χ0n) is 14.5. The molecule has 0 spiro atoms. The highest BCUT2D eigenvalue weighted by Crippen LogP contribution is 2.10. The number of nitrogens with one attached hydrogen (secondary N) is 2. The number of hydrogen-bond donors (Lipinski definition) is 2. The van der Waals surface area contributed by atoms with Crippen molar-refractivity contribution in [3.63, 3.8) is 0 Å². The van der Waals surface area contributed by atoms with Crippen LogP contribution in [0.2, 0.25) is 0 Å². The molecule has 0 atom stereocenters. The quantitative estimate of drug-likeness (QED) is 0.580. The number of aromatic amines is 2. The summed E-state index contributed by atoms with van der Waals surface area (Å²) < 4.78 is 2.96. The molecule has 0 aliphatic heterocycles. The van der Waals surface area contributed by atoms with Gasteiger partial charge in [-0.25, -0.2) is 24.1 Å². The molecule has 4 aromatic rings. The van der Waals surface area contributed by atoms with Crippen molar-refractivity contribution < 1.29 is 0 Å². The third-order valence-electron chi connectivity index (χ3n) is 3.66. The first kappa shape index (κ1) is 17.2. The molecule has 0 aliphatic carbocycles. The molecule has 132 valence electrons. The standard InChI is InChI=1S/2C9H9N3O/c1-6(2)12-7-4-3-5-10-8(7)11-9(12)13;1-6(2)12-8-7(11-9(12)13)4-3-5-10-8/h3-5H,1H2,2H3,(H,10,11,13);3-5H,1H2,2H3,(H,11,13). The zero-order chi connectivity index (χ0) is 18.8. The van der Waals surface area contributed by atoms with Crippen molar-refractivity contribution in [3.8, 4) is 0 Å². The minimum absolute atomic E-state index is 0.193. The molecule has 4 aromatic heterocycles. The predicted molar refractivity (Wildman–Crippen MR) is 103 cm³/mol. The normalized spacial score (nSPS) is 10.5. The van der Waals surface area contributed by atoms with Gasteiger partial charge in [-0.1, -0.05) is 13.2 Å². The lowest BCUT2D eigenvalue weighted by Gasteiger charge is -1.98. The highest BCUT2D eigenvalue weighted by Gasteiger charge is 2.07. The maximum atomic E-state index is 11.4. The van der Waals surface area contributed by atoms with Gasteiger partial charge in [0.15, 0.2) is 11.3 Å². The molecule has 0 unspecified atom stereocenters. The van der Waals surface area contributed by atoms with E-state index < -0.39 is 0 Å². The van der Waals surface area contributed by atoms with Gasteiger partial charge in [-0.3, -0.25) is 9.55 Å². The molecule has 26 heavy (non-hydrogen) atoms. The van der Waals surface area contributed by atoms with E-state index in [4.69, 9.17) is 0 Å². The Hall–Kier alpha value is -3.68. The molecule has 0 radical (unpaired) electrons. The first-order valence-electron chi connectivity index (χ1n) is 7.83. The molecule has 8 nitrogen and oxygen atoms in total. The highest BCUT2D eigenvalue weighted by molar-refractivity contribution is 5.75. The van der Waals surface area contributed by atoms with Gasteiger partial charge in [0, 0.05) is 23.8 Å². The fraction of sp³-hybridized carbons (Fsp3) is 0.111. The molecule has 4 heterocycles. The molecule has 0 saturated heterocycles. The molecular formula is C18H18N6O2. The van der Waals surface area contributed by atoms with E-state index >= 15 is 0 Å². The Kier molecular flexibility index (Phi) is 4.40. The van der Waals surface area contributed by atoms with Gasteiger partial charge < -0.3 is 4.98 Å². The number of pyridine rings is 2. The largest absolute Gasteiger partial charge is 0.332 e. The van der Waals surface area contributed by atoms with Gasteiger partial charge in [-0.2, -0.15) is 0 Å². The molecule has 0 fully saturated rings. The van der Waals surface area contributed by atoms with Crippen LogP contribution in [0.15, 0.2) is 59.4 Å². The van der Waals surface area contributed by atoms with E-state index in [0.717, 1.165) is 11.0 Å². The second-order valence-corrected chi connectivity index (χ2v) is 5.75. The Labute approximate surface area is 148 Å². The zero-order valence-corrected chi connectivity index (χ0v) is 14.5. The number of fused-ring (bicyclic) bond motifs is 2. The van der Waals surface area contributed by atoms with Crippen LogP contribution in [0, 0.1) is 0 Å². The fourth-order valence-electron chi connectivity index (χ4n) is 2.61. The minimum Gasteiger partial charge on any atom is -0.304 e. The van der Waals surface area contributed by atoms with Crippen molar-refractivity contribution in [2.24, 2.45) is 0 Å². The van der Waals surface area contributed by atoms with Crippen LogP contribution in [0.25, 0.3) is 33.7 Å². The summed E-state index contributed by atoms with van der Waals surface area (Å²) in [4.78, 5) is 36.2. The van der Waals surface area contributed by atoms with Crippen molar-refractivity contribution in [1.29, 1.82) is 0 Å². The molecule has 0 aromatic carbocycles. The maximum absolute atomic E-state index is 11.4. The van der Waals surface area contributed by atoms with Gasteiger partial charge >= 0.3 is 11.4 Å². The van der Waals surface area contributed by atoms with E-state index in [1.54, 1.807) is 38.4 Å². The molecule has 0 amide bonds. The second-order valence-electron chi connectivity index (χ2n) is 5.75. The van der Waals surface area contributed by atoms with Crippen LogP contribution in [0.1, 0.15) is 13.8 Å². The number of rotatable bonds is 2. The number of aromatic nitrogens is 6. The third kappa shape index (κ3) is 3.00. The number of H-pyrrole nitrogens is 2. The first-order chi connectivity index (χ1) is 12.4. The third-order valence-corrected chi connectivity index (χ3v) is 3.66. The average molecular weight is 350 g/mol. The molecular weight excluding hydrogens is 332 g/mol. The van der Waals surface area contributed by atoms with Crippen molar-refractivity contribution in [2.45, 2.75) is 13.8 Å². The molecule has 0 bridgehead atoms. The average Bonchev–Trinajstić information content (AvgIpc) is 3.10. The summed E-state index contributed by atoms with van der Waals surface area (Å²) in [6.07, 6.45) is 3.29. The van der Waals surface area contributed by atoms with Crippen LogP contribution in [-0.2, 0) is 0 Å². The number of hydrogen-bond acceptors (Lipinski definition) is 4.